The van der Waals surface area contributed by atoms with Crippen LogP contribution < -0.4 is 5.32 Å². The Morgan fingerprint density at radius 3 is 1.84 bits per heavy atom. The Balaban J connectivity index is 1.31. The van der Waals surface area contributed by atoms with Gasteiger partial charge in [0, 0.05) is 0 Å². The standard InChI is InChI=1S/C38H26N4Se/c1-4-14-25(15-5-1)35-40-36(26-16-6-2-7-17-26)42-37(41-35)31-23-13-11-21-29(31)32-24-33-34(30-22-12-10-20-28(30)32)39-38(43-33)27-18-8-3-9-19-27/h1-24,35H,(H,40,41,42). The molecule has 1 N–H and O–H groups in total. The van der Waals surface area contributed by atoms with Crippen molar-refractivity contribution in [2.24, 2.45) is 9.98 Å². The molecule has 0 bridgehead atoms. The Morgan fingerprint density at radius 2 is 1.09 bits per heavy atom. The molecular formula is C38H26N4Se. The van der Waals surface area contributed by atoms with E-state index in [0.717, 1.165) is 39.4 Å². The van der Waals surface area contributed by atoms with Gasteiger partial charge in [0.2, 0.25) is 0 Å². The van der Waals surface area contributed by atoms with Crippen LogP contribution in [0.5, 0.6) is 0 Å². The summed E-state index contributed by atoms with van der Waals surface area (Å²) in [7, 11) is 0. The zero-order valence-electron chi connectivity index (χ0n) is 23.2. The van der Waals surface area contributed by atoms with E-state index in [1.54, 1.807) is 0 Å². The van der Waals surface area contributed by atoms with Crippen molar-refractivity contribution < 1.29 is 0 Å². The Morgan fingerprint density at radius 1 is 0.512 bits per heavy atom. The second-order valence-corrected chi connectivity index (χ2v) is 12.6. The number of nitrogens with one attached hydrogen (secondary N) is 1. The van der Waals surface area contributed by atoms with Crippen molar-refractivity contribution in [3.63, 3.8) is 0 Å². The van der Waals surface area contributed by atoms with Gasteiger partial charge in [0.25, 0.3) is 0 Å². The molecule has 0 radical (unpaired) electrons. The fourth-order valence-electron chi connectivity index (χ4n) is 5.71. The van der Waals surface area contributed by atoms with Gasteiger partial charge in [-0.05, 0) is 0 Å². The normalized spacial score (nSPS) is 14.7. The molecule has 1 aliphatic heterocycles. The van der Waals surface area contributed by atoms with E-state index in [4.69, 9.17) is 15.0 Å². The van der Waals surface area contributed by atoms with Crippen LogP contribution >= 0.6 is 0 Å². The summed E-state index contributed by atoms with van der Waals surface area (Å²) in [5.41, 5.74) is 7.77. The van der Waals surface area contributed by atoms with Crippen LogP contribution in [0.2, 0.25) is 0 Å². The predicted octanol–water partition coefficient (Wildman–Crippen LogP) is 8.27. The maximum atomic E-state index is 5.19. The van der Waals surface area contributed by atoms with Crippen LogP contribution in [0.3, 0.4) is 0 Å². The first-order valence-electron chi connectivity index (χ1n) is 14.3. The molecular weight excluding hydrogens is 591 g/mol. The van der Waals surface area contributed by atoms with Crippen molar-refractivity contribution in [3.05, 3.63) is 162 Å². The van der Waals surface area contributed by atoms with Crippen molar-refractivity contribution in [2.45, 2.75) is 6.17 Å². The average Bonchev–Trinajstić information content (AvgIpc) is 3.54. The molecule has 8 rings (SSSR count). The van der Waals surface area contributed by atoms with Crippen LogP contribution in [-0.2, 0) is 0 Å². The molecule has 1 unspecified atom stereocenters. The third-order valence-corrected chi connectivity index (χ3v) is 9.98. The van der Waals surface area contributed by atoms with Crippen LogP contribution in [0.15, 0.2) is 156 Å². The fraction of sp³-hybridized carbons (Fsp3) is 0.0263. The first-order valence-corrected chi connectivity index (χ1v) is 16.0. The molecule has 1 aromatic heterocycles. The molecule has 7 aromatic rings. The zero-order chi connectivity index (χ0) is 28.6. The number of aromatic nitrogens is 1. The Bertz CT molecular complexity index is 2150. The summed E-state index contributed by atoms with van der Waals surface area (Å²) in [4.78, 5) is 15.4. The van der Waals surface area contributed by atoms with E-state index >= 15 is 0 Å². The molecule has 2 heterocycles. The number of amidine groups is 2. The van der Waals surface area contributed by atoms with Crippen LogP contribution in [-0.4, -0.2) is 31.2 Å². The summed E-state index contributed by atoms with van der Waals surface area (Å²) in [6, 6.07) is 50.7. The SMILES string of the molecule is c1ccc(C2=NC(c3ccccc3)N=C(c3ccccc3-c3cc4[se]c(-c5ccccc5)nc4c4ccccc34)N2)cc1. The zero-order valence-corrected chi connectivity index (χ0v) is 24.9. The van der Waals surface area contributed by atoms with Crippen LogP contribution in [0.25, 0.3) is 41.8 Å². The minimum atomic E-state index is -0.345. The van der Waals surface area contributed by atoms with E-state index in [0.29, 0.717) is 0 Å². The molecule has 0 saturated heterocycles. The van der Waals surface area contributed by atoms with Crippen LogP contribution in [0.1, 0.15) is 22.9 Å². The Hall–Kier alpha value is -5.09. The number of benzene rings is 6. The molecule has 0 amide bonds. The van der Waals surface area contributed by atoms with Crippen molar-refractivity contribution >= 4 is 46.7 Å². The van der Waals surface area contributed by atoms with Gasteiger partial charge >= 0.3 is 257 Å². The van der Waals surface area contributed by atoms with Gasteiger partial charge in [0.05, 0.1) is 0 Å². The van der Waals surface area contributed by atoms with Gasteiger partial charge in [-0.3, -0.25) is 0 Å². The van der Waals surface area contributed by atoms with Gasteiger partial charge in [-0.2, -0.15) is 0 Å². The van der Waals surface area contributed by atoms with E-state index in [2.05, 4.69) is 115 Å². The van der Waals surface area contributed by atoms with Crippen LogP contribution in [0, 0.1) is 0 Å². The molecule has 0 aliphatic carbocycles. The van der Waals surface area contributed by atoms with Gasteiger partial charge in [-0.1, -0.05) is 0 Å². The number of rotatable bonds is 5. The van der Waals surface area contributed by atoms with E-state index in [1.807, 2.05) is 36.4 Å². The fourth-order valence-corrected chi connectivity index (χ4v) is 7.87. The molecule has 1 atom stereocenters. The Labute approximate surface area is 255 Å². The van der Waals surface area contributed by atoms with Gasteiger partial charge in [-0.25, -0.2) is 0 Å². The number of hydrogen-bond donors (Lipinski definition) is 1. The van der Waals surface area contributed by atoms with Gasteiger partial charge in [0.15, 0.2) is 0 Å². The topological polar surface area (TPSA) is 49.6 Å². The number of nitrogens with zero attached hydrogens (tertiary/aromatic N) is 3. The van der Waals surface area contributed by atoms with Gasteiger partial charge in [0.1, 0.15) is 0 Å². The summed E-state index contributed by atoms with van der Waals surface area (Å²) in [6.07, 6.45) is -0.345. The molecule has 4 nitrogen and oxygen atoms in total. The summed E-state index contributed by atoms with van der Waals surface area (Å²) < 4.78 is 2.48. The summed E-state index contributed by atoms with van der Waals surface area (Å²) in [6.45, 7) is 0. The maximum absolute atomic E-state index is 5.19. The van der Waals surface area contributed by atoms with Crippen LogP contribution in [0.4, 0.5) is 0 Å². The first-order chi connectivity index (χ1) is 21.3. The first kappa shape index (κ1) is 25.6. The third kappa shape index (κ3) is 4.79. The van der Waals surface area contributed by atoms with Crippen molar-refractivity contribution in [1.29, 1.82) is 0 Å². The molecule has 0 spiro atoms. The van der Waals surface area contributed by atoms with Gasteiger partial charge < -0.3 is 0 Å². The molecule has 5 heteroatoms. The van der Waals surface area contributed by atoms with E-state index < -0.39 is 0 Å². The number of aliphatic imine (C=N–C) groups is 2. The molecule has 6 aromatic carbocycles. The minimum absolute atomic E-state index is 0.108. The summed E-state index contributed by atoms with van der Waals surface area (Å²) in [5.74, 6) is 1.63. The van der Waals surface area contributed by atoms with Crippen molar-refractivity contribution in [1.82, 2.24) is 10.3 Å². The second-order valence-electron chi connectivity index (χ2n) is 10.5. The number of hydrogen-bond acceptors (Lipinski definition) is 4. The monoisotopic (exact) mass is 618 g/mol. The molecule has 204 valence electrons. The molecule has 0 saturated carbocycles. The predicted molar refractivity (Wildman–Crippen MR) is 179 cm³/mol. The Kier molecular flexibility index (Phi) is 6.52. The van der Waals surface area contributed by atoms with Gasteiger partial charge in [-0.15, -0.1) is 0 Å². The molecule has 0 fully saturated rings. The summed E-state index contributed by atoms with van der Waals surface area (Å²) >= 11 is 0.108. The summed E-state index contributed by atoms with van der Waals surface area (Å²) in [5, 5.41) is 5.98. The van der Waals surface area contributed by atoms with Crippen molar-refractivity contribution in [2.75, 3.05) is 0 Å². The number of fused-ring (bicyclic) bond motifs is 3. The quantitative estimate of drug-likeness (QED) is 0.198. The van der Waals surface area contributed by atoms with E-state index in [1.165, 1.54) is 30.7 Å². The van der Waals surface area contributed by atoms with E-state index in [9.17, 15) is 0 Å². The average molecular weight is 618 g/mol. The van der Waals surface area contributed by atoms with E-state index in [-0.39, 0.29) is 20.7 Å². The molecule has 1 aliphatic rings. The molecule has 43 heavy (non-hydrogen) atoms. The van der Waals surface area contributed by atoms with Crippen molar-refractivity contribution in [3.8, 4) is 21.3 Å². The second kappa shape index (κ2) is 11.0. The third-order valence-electron chi connectivity index (χ3n) is 7.78.